The molecule has 0 aliphatic heterocycles. The highest BCUT2D eigenvalue weighted by molar-refractivity contribution is 5.95. The summed E-state index contributed by atoms with van der Waals surface area (Å²) < 4.78 is 13.1. The summed E-state index contributed by atoms with van der Waals surface area (Å²) >= 11 is 0. The second kappa shape index (κ2) is 47.9. The van der Waals surface area contributed by atoms with Crippen LogP contribution in [0.4, 0.5) is 0 Å². The van der Waals surface area contributed by atoms with E-state index in [1.165, 1.54) is 39.2 Å². The molecule has 0 spiro atoms. The lowest BCUT2D eigenvalue weighted by atomic mass is 10.0. The molecule has 690 valence electrons. The van der Waals surface area contributed by atoms with Crippen LogP contribution in [0.15, 0.2) is 334 Å². The molecule has 7 aromatic carbocycles. The van der Waals surface area contributed by atoms with E-state index in [1.807, 2.05) is 244 Å². The van der Waals surface area contributed by atoms with Gasteiger partial charge in [-0.2, -0.15) is 0 Å². The number of aromatic nitrogens is 6. The van der Waals surface area contributed by atoms with Gasteiger partial charge in [0.15, 0.2) is 0 Å². The molecule has 27 heteroatoms. The molecule has 135 heavy (non-hydrogen) atoms. The Morgan fingerprint density at radius 1 is 0.267 bits per heavy atom. The van der Waals surface area contributed by atoms with Gasteiger partial charge in [-0.1, -0.05) is 237 Å². The van der Waals surface area contributed by atoms with E-state index in [2.05, 4.69) is 25.3 Å². The van der Waals surface area contributed by atoms with E-state index in [1.54, 1.807) is 139 Å². The first-order valence-corrected chi connectivity index (χ1v) is 45.2. The lowest BCUT2D eigenvalue weighted by Crippen LogP contribution is -2.53. The van der Waals surface area contributed by atoms with E-state index in [-0.39, 0.29) is 38.9 Å². The molecule has 0 fully saturated rings. The number of hydrogen-bond acceptors (Lipinski definition) is 18. The Labute approximate surface area is 787 Å². The zero-order chi connectivity index (χ0) is 95.1. The zero-order valence-electron chi connectivity index (χ0n) is 76.8. The SMILES string of the molecule is C[C@H](NCC(=O)N(CCOc1cc(-c2ccccn2)nc(-c2ccccn2)c1)CC(=O)N(CC(=O)N(CC(=O)N(CC(=O)N(CC(=O)N(CC(=O)N(CCOc1cc(-c2ccccn2)nc(-c2ccccn2)c1)CC(=O)N(CC(N)=O)[C@@H](C)c1ccccc1)[C@@H](C)c1ccccc1)[C@@H](C)c1ccccc1)[C@@H](C)c1ccccc1)[C@@H](C)c1ccccc1)[C@@H](C)c1ccccc1)c1ccccc1. The Balaban J connectivity index is 0.811. The maximum Gasteiger partial charge on any atom is 0.243 e. The van der Waals surface area contributed by atoms with Crippen molar-refractivity contribution in [3.8, 4) is 57.1 Å². The maximum atomic E-state index is 16.4. The van der Waals surface area contributed by atoms with E-state index in [9.17, 15) is 4.79 Å². The van der Waals surface area contributed by atoms with Gasteiger partial charge in [-0.15, -0.1) is 0 Å². The molecule has 0 aliphatic rings. The topological polar surface area (TPSA) is 313 Å². The molecule has 7 atom stereocenters. The number of ether oxygens (including phenoxy) is 2. The number of hydrogen-bond donors (Lipinski definition) is 2. The molecule has 3 N–H and O–H groups in total. The van der Waals surface area contributed by atoms with Crippen LogP contribution in [0.2, 0.25) is 0 Å². The average Bonchev–Trinajstić information content (AvgIpc) is 0.803. The largest absolute Gasteiger partial charge is 0.492 e. The van der Waals surface area contributed by atoms with Gasteiger partial charge in [0.05, 0.1) is 121 Å². The van der Waals surface area contributed by atoms with Crippen molar-refractivity contribution in [2.75, 3.05) is 85.2 Å². The molecule has 6 heterocycles. The van der Waals surface area contributed by atoms with Gasteiger partial charge >= 0.3 is 0 Å². The molecule has 0 bridgehead atoms. The average molecular weight is 1810 g/mol. The van der Waals surface area contributed by atoms with Crippen LogP contribution < -0.4 is 20.5 Å². The Bertz CT molecular complexity index is 5950. The Kier molecular flexibility index (Phi) is 34.3. The normalized spacial score (nSPS) is 12.6. The number of nitrogens with zero attached hydrogens (tertiary/aromatic N) is 14. The van der Waals surface area contributed by atoms with E-state index >= 15 is 38.4 Å². The number of primary amides is 1. The fraction of sp³-hybridized carbons (Fsp3) is 0.250. The molecule has 0 aliphatic carbocycles. The highest BCUT2D eigenvalue weighted by Crippen LogP contribution is 2.34. The third kappa shape index (κ3) is 26.6. The number of benzene rings is 7. The molecule has 0 saturated carbocycles. The van der Waals surface area contributed by atoms with Gasteiger partial charge in [-0.3, -0.25) is 63.1 Å². The maximum absolute atomic E-state index is 16.4. The monoisotopic (exact) mass is 1810 g/mol. The number of nitrogens with one attached hydrogen (secondary N) is 1. The summed E-state index contributed by atoms with van der Waals surface area (Å²) in [5, 5.41) is 3.35. The van der Waals surface area contributed by atoms with Crippen LogP contribution in [0.3, 0.4) is 0 Å². The molecule has 0 saturated heterocycles. The van der Waals surface area contributed by atoms with Gasteiger partial charge in [-0.25, -0.2) is 9.97 Å². The number of carbonyl (C=O) groups is 9. The Morgan fingerprint density at radius 2 is 0.489 bits per heavy atom. The van der Waals surface area contributed by atoms with Gasteiger partial charge < -0.3 is 59.7 Å². The predicted molar refractivity (Wildman–Crippen MR) is 517 cm³/mol. The van der Waals surface area contributed by atoms with Crippen LogP contribution in [-0.2, 0) is 43.2 Å². The smallest absolute Gasteiger partial charge is 0.243 e. The summed E-state index contributed by atoms with van der Waals surface area (Å²) in [7, 11) is 0. The second-order valence-electron chi connectivity index (χ2n) is 33.0. The number of rotatable bonds is 44. The van der Waals surface area contributed by atoms with Crippen molar-refractivity contribution in [1.29, 1.82) is 0 Å². The first-order valence-electron chi connectivity index (χ1n) is 45.2. The summed E-state index contributed by atoms with van der Waals surface area (Å²) in [6.45, 7) is 6.95. The molecule has 13 rings (SSSR count). The third-order valence-corrected chi connectivity index (χ3v) is 24.1. The zero-order valence-corrected chi connectivity index (χ0v) is 76.8. The fourth-order valence-electron chi connectivity index (χ4n) is 16.1. The minimum atomic E-state index is -0.882. The van der Waals surface area contributed by atoms with Crippen molar-refractivity contribution in [1.82, 2.24) is 74.4 Å². The van der Waals surface area contributed by atoms with Gasteiger partial charge in [-0.05, 0) is 136 Å². The molecular weight excluding hydrogens is 1700 g/mol. The highest BCUT2D eigenvalue weighted by atomic mass is 16.5. The summed E-state index contributed by atoms with van der Waals surface area (Å²) in [6, 6.07) is 87.8. The van der Waals surface area contributed by atoms with Crippen molar-refractivity contribution < 1.29 is 52.6 Å². The van der Waals surface area contributed by atoms with Crippen LogP contribution in [0.25, 0.3) is 45.6 Å². The van der Waals surface area contributed by atoms with Crippen molar-refractivity contribution >= 4 is 53.2 Å². The Morgan fingerprint density at radius 3 is 0.733 bits per heavy atom. The number of nitrogens with two attached hydrogens (primary N) is 1. The lowest BCUT2D eigenvalue weighted by Gasteiger charge is -2.38. The summed E-state index contributed by atoms with van der Waals surface area (Å²) in [5.74, 6) is -5.12. The first-order chi connectivity index (χ1) is 65.5. The lowest BCUT2D eigenvalue weighted by molar-refractivity contribution is -0.152. The molecule has 27 nitrogen and oxygen atoms in total. The molecule has 0 radical (unpaired) electrons. The molecule has 0 unspecified atom stereocenters. The third-order valence-electron chi connectivity index (χ3n) is 24.1. The standard InChI is InChI=1S/C108H112N16O11/c1-76(83-37-15-8-16-38-83)114-67-101(126)117(59-61-134-90-63-96(92-51-29-33-55-110-92)115-97(64-90)93-52-30-34-56-111-93)69-104(129)121(79(4)86-43-21-11-22-44-86)72-106(131)123(81(6)88-47-25-13-26-48-88)74-108(133)124(82(7)89-49-27-14-28-50-89)75-107(132)122(80(5)87-45-23-12-24-46-87)73-105(130)120(78(3)85-41-19-10-20-42-85)71-102(127)118(70-103(128)119(68-100(109)125)77(2)84-39-17-9-18-40-84)60-62-135-91-65-98(94-53-31-35-57-112-94)116-99(66-91)95-54-32-36-58-113-95/h8-58,63-66,76-82,114H,59-62,67-75H2,1-7H3,(H2,109,125)/t76-,77-,78-,79-,80-,81-,82-/m0/s1. The number of amides is 9. The minimum Gasteiger partial charge on any atom is -0.492 e. The van der Waals surface area contributed by atoms with Crippen LogP contribution in [0, 0.1) is 0 Å². The highest BCUT2D eigenvalue weighted by Gasteiger charge is 2.39. The van der Waals surface area contributed by atoms with Crippen molar-refractivity contribution in [2.24, 2.45) is 5.73 Å². The molecule has 6 aromatic heterocycles. The van der Waals surface area contributed by atoms with Gasteiger partial charge in [0.2, 0.25) is 53.2 Å². The quantitative estimate of drug-likeness (QED) is 0.0358. The van der Waals surface area contributed by atoms with Crippen LogP contribution in [-0.4, -0.2) is 207 Å². The Hall–Kier alpha value is -15.8. The number of pyridine rings is 6. The summed E-state index contributed by atoms with van der Waals surface area (Å²) in [4.78, 5) is 179. The fourth-order valence-corrected chi connectivity index (χ4v) is 16.1. The van der Waals surface area contributed by atoms with Crippen LogP contribution >= 0.6 is 0 Å². The van der Waals surface area contributed by atoms with Gasteiger partial charge in [0.1, 0.15) is 57.4 Å². The van der Waals surface area contributed by atoms with Crippen molar-refractivity contribution in [3.63, 3.8) is 0 Å². The second-order valence-corrected chi connectivity index (χ2v) is 33.0. The van der Waals surface area contributed by atoms with Crippen molar-refractivity contribution in [2.45, 2.75) is 90.8 Å². The van der Waals surface area contributed by atoms with E-state index in [4.69, 9.17) is 25.2 Å². The van der Waals surface area contributed by atoms with E-state index in [0.29, 0.717) is 90.4 Å². The van der Waals surface area contributed by atoms with Crippen LogP contribution in [0.5, 0.6) is 11.5 Å². The number of carbonyl (C=O) groups excluding carboxylic acids is 9. The minimum absolute atomic E-state index is 0.0939. The van der Waals surface area contributed by atoms with Crippen molar-refractivity contribution in [3.05, 3.63) is 373 Å². The first kappa shape index (κ1) is 96.8. The molecule has 13 aromatic rings. The van der Waals surface area contributed by atoms with E-state index < -0.39 is 142 Å². The van der Waals surface area contributed by atoms with E-state index in [0.717, 1.165) is 5.56 Å². The molecular formula is C108H112N16O11. The summed E-state index contributed by atoms with van der Waals surface area (Å²) in [6.07, 6.45) is 6.63. The van der Waals surface area contributed by atoms with Crippen LogP contribution in [0.1, 0.15) is 130 Å². The van der Waals surface area contributed by atoms with Gasteiger partial charge in [0, 0.05) is 55.1 Å². The summed E-state index contributed by atoms with van der Waals surface area (Å²) in [5.41, 5.74) is 15.0. The predicted octanol–water partition coefficient (Wildman–Crippen LogP) is 15.2. The molecule has 9 amide bonds. The van der Waals surface area contributed by atoms with Gasteiger partial charge in [0.25, 0.3) is 0 Å².